The number of fused-ring (bicyclic) bond motifs is 1. The standard InChI is InChI=1S/C18H30O2/c1-5-6-7-13-10-15(19)12-17(4)9-8-14-11-18(13,17)20-16(14,2)3/h10,14-15,19H,5-9,11-12H2,1-4H3/t14-,15+,17-,18?/m1/s1. The molecule has 2 heteroatoms. The quantitative estimate of drug-likeness (QED) is 0.783. The van der Waals surface area contributed by atoms with Crippen molar-refractivity contribution in [2.24, 2.45) is 11.3 Å². The summed E-state index contributed by atoms with van der Waals surface area (Å²) in [4.78, 5) is 0. The minimum Gasteiger partial charge on any atom is -0.389 e. The van der Waals surface area contributed by atoms with Crippen molar-refractivity contribution in [1.29, 1.82) is 0 Å². The van der Waals surface area contributed by atoms with E-state index in [-0.39, 0.29) is 22.7 Å². The summed E-state index contributed by atoms with van der Waals surface area (Å²) in [7, 11) is 0. The third kappa shape index (κ3) is 1.91. The lowest BCUT2D eigenvalue weighted by atomic mass is 9.54. The summed E-state index contributed by atoms with van der Waals surface area (Å²) in [5.41, 5.74) is 1.42. The predicted octanol–water partition coefficient (Wildman–Crippen LogP) is 4.22. The Morgan fingerprint density at radius 3 is 2.75 bits per heavy atom. The van der Waals surface area contributed by atoms with Crippen molar-refractivity contribution in [3.63, 3.8) is 0 Å². The first-order valence-corrected chi connectivity index (χ1v) is 8.42. The summed E-state index contributed by atoms with van der Waals surface area (Å²) in [6.45, 7) is 9.12. The molecular weight excluding hydrogens is 248 g/mol. The number of unbranched alkanes of at least 4 members (excludes halogenated alkanes) is 1. The van der Waals surface area contributed by atoms with Crippen LogP contribution in [0.25, 0.3) is 0 Å². The van der Waals surface area contributed by atoms with Crippen LogP contribution in [0.1, 0.15) is 72.6 Å². The number of aliphatic hydroxyl groups excluding tert-OH is 1. The maximum absolute atomic E-state index is 10.3. The zero-order chi connectivity index (χ0) is 14.6. The van der Waals surface area contributed by atoms with Gasteiger partial charge in [-0.2, -0.15) is 0 Å². The molecule has 1 N–H and O–H groups in total. The molecule has 0 aromatic rings. The topological polar surface area (TPSA) is 29.5 Å². The van der Waals surface area contributed by atoms with Gasteiger partial charge >= 0.3 is 0 Å². The van der Waals surface area contributed by atoms with Crippen LogP contribution < -0.4 is 0 Å². The molecule has 2 bridgehead atoms. The minimum absolute atomic E-state index is 0.00857. The molecule has 0 radical (unpaired) electrons. The molecule has 2 fully saturated rings. The summed E-state index contributed by atoms with van der Waals surface area (Å²) in [5, 5.41) is 10.3. The highest BCUT2D eigenvalue weighted by Gasteiger charge is 2.65. The number of rotatable bonds is 3. The van der Waals surface area contributed by atoms with Gasteiger partial charge in [-0.1, -0.05) is 26.3 Å². The molecule has 114 valence electrons. The van der Waals surface area contributed by atoms with Crippen LogP contribution in [0.3, 0.4) is 0 Å². The second kappa shape index (κ2) is 4.58. The Morgan fingerprint density at radius 1 is 1.30 bits per heavy atom. The van der Waals surface area contributed by atoms with Crippen molar-refractivity contribution in [2.45, 2.75) is 89.9 Å². The van der Waals surface area contributed by atoms with E-state index in [0.717, 1.165) is 12.8 Å². The Bertz CT molecular complexity index is 425. The molecule has 3 aliphatic rings. The fourth-order valence-electron chi connectivity index (χ4n) is 5.07. The summed E-state index contributed by atoms with van der Waals surface area (Å²) in [6, 6.07) is 0. The Hall–Kier alpha value is -0.340. The molecule has 1 heterocycles. The fraction of sp³-hybridized carbons (Fsp3) is 0.889. The van der Waals surface area contributed by atoms with Crippen LogP contribution in [-0.2, 0) is 4.74 Å². The first kappa shape index (κ1) is 14.6. The van der Waals surface area contributed by atoms with Gasteiger partial charge in [0.2, 0.25) is 0 Å². The van der Waals surface area contributed by atoms with Crippen LogP contribution in [-0.4, -0.2) is 22.4 Å². The third-order valence-corrected chi connectivity index (χ3v) is 6.35. The van der Waals surface area contributed by atoms with Gasteiger partial charge in [0.1, 0.15) is 0 Å². The average molecular weight is 278 g/mol. The first-order chi connectivity index (χ1) is 9.33. The number of ether oxygens (including phenoxy) is 1. The molecule has 2 aliphatic carbocycles. The number of hydrogen-bond donors (Lipinski definition) is 1. The molecule has 1 unspecified atom stereocenters. The summed E-state index contributed by atoms with van der Waals surface area (Å²) < 4.78 is 6.75. The lowest BCUT2D eigenvalue weighted by molar-refractivity contribution is -0.141. The van der Waals surface area contributed by atoms with Gasteiger partial charge in [-0.3, -0.25) is 0 Å². The normalized spacial score (nSPS) is 46.0. The van der Waals surface area contributed by atoms with Gasteiger partial charge in [-0.15, -0.1) is 0 Å². The Labute approximate surface area is 123 Å². The van der Waals surface area contributed by atoms with Crippen molar-refractivity contribution in [3.8, 4) is 0 Å². The zero-order valence-electron chi connectivity index (χ0n) is 13.5. The van der Waals surface area contributed by atoms with Crippen LogP contribution in [0.5, 0.6) is 0 Å². The van der Waals surface area contributed by atoms with E-state index >= 15 is 0 Å². The van der Waals surface area contributed by atoms with Crippen molar-refractivity contribution >= 4 is 0 Å². The largest absolute Gasteiger partial charge is 0.389 e. The Morgan fingerprint density at radius 2 is 2.05 bits per heavy atom. The van der Waals surface area contributed by atoms with E-state index in [0.29, 0.717) is 5.92 Å². The molecule has 4 atom stereocenters. The Balaban J connectivity index is 2.02. The van der Waals surface area contributed by atoms with Gasteiger partial charge in [-0.05, 0) is 63.9 Å². The van der Waals surface area contributed by atoms with Crippen LogP contribution >= 0.6 is 0 Å². The van der Waals surface area contributed by atoms with Crippen molar-refractivity contribution in [2.75, 3.05) is 0 Å². The molecule has 1 saturated heterocycles. The van der Waals surface area contributed by atoms with E-state index in [1.807, 2.05) is 0 Å². The van der Waals surface area contributed by atoms with Crippen molar-refractivity contribution in [1.82, 2.24) is 0 Å². The van der Waals surface area contributed by atoms with Gasteiger partial charge in [0.05, 0.1) is 17.3 Å². The van der Waals surface area contributed by atoms with E-state index in [9.17, 15) is 5.11 Å². The maximum atomic E-state index is 10.3. The van der Waals surface area contributed by atoms with Crippen molar-refractivity contribution in [3.05, 3.63) is 11.6 Å². The van der Waals surface area contributed by atoms with Crippen LogP contribution in [0.15, 0.2) is 11.6 Å². The molecule has 0 aromatic carbocycles. The second-order valence-electron chi connectivity index (χ2n) is 8.10. The molecule has 2 nitrogen and oxygen atoms in total. The molecule has 1 spiro atoms. The number of aliphatic hydroxyl groups is 1. The van der Waals surface area contributed by atoms with E-state index in [1.54, 1.807) is 0 Å². The predicted molar refractivity (Wildman–Crippen MR) is 81.6 cm³/mol. The van der Waals surface area contributed by atoms with Crippen LogP contribution in [0.4, 0.5) is 0 Å². The molecule has 0 aromatic heterocycles. The number of hydrogen-bond acceptors (Lipinski definition) is 2. The van der Waals surface area contributed by atoms with Gasteiger partial charge < -0.3 is 9.84 Å². The van der Waals surface area contributed by atoms with Gasteiger partial charge in [-0.25, -0.2) is 0 Å². The monoisotopic (exact) mass is 278 g/mol. The zero-order valence-corrected chi connectivity index (χ0v) is 13.5. The highest BCUT2D eigenvalue weighted by molar-refractivity contribution is 5.32. The first-order valence-electron chi connectivity index (χ1n) is 8.42. The summed E-state index contributed by atoms with van der Waals surface area (Å²) in [5.74, 6) is 0.677. The fourth-order valence-corrected chi connectivity index (χ4v) is 5.07. The third-order valence-electron chi connectivity index (χ3n) is 6.35. The van der Waals surface area contributed by atoms with E-state index < -0.39 is 0 Å². The molecule has 1 saturated carbocycles. The van der Waals surface area contributed by atoms with E-state index in [2.05, 4.69) is 33.8 Å². The van der Waals surface area contributed by atoms with E-state index in [4.69, 9.17) is 4.74 Å². The van der Waals surface area contributed by atoms with Crippen LogP contribution in [0, 0.1) is 11.3 Å². The molecule has 20 heavy (non-hydrogen) atoms. The highest BCUT2D eigenvalue weighted by Crippen LogP contribution is 2.65. The summed E-state index contributed by atoms with van der Waals surface area (Å²) >= 11 is 0. The SMILES string of the molecule is CCCCC1=C[C@H](O)C[C@@]2(C)CC[C@@H]3CC12OC3(C)C. The average Bonchev–Trinajstić information content (AvgIpc) is 2.59. The van der Waals surface area contributed by atoms with Gasteiger partial charge in [0, 0.05) is 5.41 Å². The smallest absolute Gasteiger partial charge is 0.0957 e. The van der Waals surface area contributed by atoms with Gasteiger partial charge in [0.25, 0.3) is 0 Å². The van der Waals surface area contributed by atoms with E-state index in [1.165, 1.54) is 37.7 Å². The van der Waals surface area contributed by atoms with Crippen molar-refractivity contribution < 1.29 is 9.84 Å². The molecule has 0 amide bonds. The molecular formula is C18H30O2. The Kier molecular flexibility index (Phi) is 3.34. The second-order valence-corrected chi connectivity index (χ2v) is 8.10. The van der Waals surface area contributed by atoms with Gasteiger partial charge in [0.15, 0.2) is 0 Å². The summed E-state index contributed by atoms with van der Waals surface area (Å²) in [6.07, 6.45) is 9.82. The lowest BCUT2D eigenvalue weighted by Gasteiger charge is -2.53. The lowest BCUT2D eigenvalue weighted by Crippen LogP contribution is -2.54. The minimum atomic E-state index is -0.277. The maximum Gasteiger partial charge on any atom is 0.0957 e. The molecule has 3 rings (SSSR count). The highest BCUT2D eigenvalue weighted by atomic mass is 16.5. The van der Waals surface area contributed by atoms with Crippen LogP contribution in [0.2, 0.25) is 0 Å². The molecule has 1 aliphatic heterocycles.